The number of carbonyl (C=O) groups excluding carboxylic acids is 1. The van der Waals surface area contributed by atoms with Gasteiger partial charge in [0, 0.05) is 17.8 Å². The van der Waals surface area contributed by atoms with Gasteiger partial charge >= 0.3 is 0 Å². The van der Waals surface area contributed by atoms with Gasteiger partial charge in [-0.2, -0.15) is 0 Å². The minimum Gasteiger partial charge on any atom is -0.322 e. The molecule has 9 nitrogen and oxygen atoms in total. The van der Waals surface area contributed by atoms with Gasteiger partial charge in [-0.15, -0.1) is 5.10 Å². The van der Waals surface area contributed by atoms with Crippen LogP contribution in [0.3, 0.4) is 0 Å². The van der Waals surface area contributed by atoms with Crippen molar-refractivity contribution < 1.29 is 13.2 Å². The standard InChI is InChI=1S/C23H20N6O3S/c30-23(25-19-9-11-20(12-10-19)28-16-24-26-27-28)18-7-13-21(14-8-18)33(31,32)29-15-3-5-17-4-1-2-6-22(17)29/h1-2,4,6-14,16H,3,5,15H2,(H,25,30). The number of amides is 1. The number of anilines is 2. The molecule has 0 atom stereocenters. The number of carbonyl (C=O) groups is 1. The second-order valence-corrected chi connectivity index (χ2v) is 9.45. The molecule has 33 heavy (non-hydrogen) atoms. The van der Waals surface area contributed by atoms with Gasteiger partial charge in [0.25, 0.3) is 15.9 Å². The predicted molar refractivity (Wildman–Crippen MR) is 123 cm³/mol. The van der Waals surface area contributed by atoms with Crippen molar-refractivity contribution in [1.29, 1.82) is 0 Å². The number of nitrogens with zero attached hydrogens (tertiary/aromatic N) is 5. The zero-order valence-corrected chi connectivity index (χ0v) is 18.3. The van der Waals surface area contributed by atoms with Crippen LogP contribution >= 0.6 is 0 Å². The van der Waals surface area contributed by atoms with Gasteiger partial charge < -0.3 is 5.32 Å². The summed E-state index contributed by atoms with van der Waals surface area (Å²) in [5, 5.41) is 13.8. The SMILES string of the molecule is O=C(Nc1ccc(-n2cnnn2)cc1)c1ccc(S(=O)(=O)N2CCCc3ccccc32)cc1. The van der Waals surface area contributed by atoms with Crippen molar-refractivity contribution in [2.75, 3.05) is 16.2 Å². The molecule has 1 amide bonds. The number of para-hydroxylation sites is 1. The highest BCUT2D eigenvalue weighted by molar-refractivity contribution is 7.92. The third-order valence-corrected chi connectivity index (χ3v) is 7.34. The summed E-state index contributed by atoms with van der Waals surface area (Å²) >= 11 is 0. The van der Waals surface area contributed by atoms with Crippen LogP contribution in [0.5, 0.6) is 0 Å². The molecule has 0 radical (unpaired) electrons. The predicted octanol–water partition coefficient (Wildman–Crippen LogP) is 3.06. The zero-order valence-electron chi connectivity index (χ0n) is 17.5. The lowest BCUT2D eigenvalue weighted by Crippen LogP contribution is -2.35. The molecule has 1 aromatic heterocycles. The number of sulfonamides is 1. The Morgan fingerprint density at radius 3 is 2.42 bits per heavy atom. The Morgan fingerprint density at radius 2 is 1.70 bits per heavy atom. The van der Waals surface area contributed by atoms with E-state index < -0.39 is 10.0 Å². The van der Waals surface area contributed by atoms with E-state index in [9.17, 15) is 13.2 Å². The van der Waals surface area contributed by atoms with E-state index in [1.165, 1.54) is 39.6 Å². The summed E-state index contributed by atoms with van der Waals surface area (Å²) in [6, 6.07) is 20.6. The quantitative estimate of drug-likeness (QED) is 0.490. The first-order chi connectivity index (χ1) is 16.0. The van der Waals surface area contributed by atoms with E-state index in [0.717, 1.165) is 29.8 Å². The van der Waals surface area contributed by atoms with E-state index in [1.807, 2.05) is 24.3 Å². The topological polar surface area (TPSA) is 110 Å². The van der Waals surface area contributed by atoms with E-state index in [4.69, 9.17) is 0 Å². The largest absolute Gasteiger partial charge is 0.322 e. The fraction of sp³-hybridized carbons (Fsp3) is 0.130. The molecule has 4 aromatic rings. The van der Waals surface area contributed by atoms with Crippen LogP contribution in [0.4, 0.5) is 11.4 Å². The van der Waals surface area contributed by atoms with E-state index in [2.05, 4.69) is 20.8 Å². The van der Waals surface area contributed by atoms with E-state index in [0.29, 0.717) is 17.8 Å². The third kappa shape index (κ3) is 4.08. The summed E-state index contributed by atoms with van der Waals surface area (Å²) < 4.78 is 29.5. The molecule has 0 spiro atoms. The molecule has 166 valence electrons. The first-order valence-corrected chi connectivity index (χ1v) is 11.8. The molecule has 2 heterocycles. The minimum absolute atomic E-state index is 0.154. The second kappa shape index (κ2) is 8.47. The Balaban J connectivity index is 1.32. The number of hydrogen-bond donors (Lipinski definition) is 1. The fourth-order valence-electron chi connectivity index (χ4n) is 3.83. The van der Waals surface area contributed by atoms with Crippen molar-refractivity contribution in [3.8, 4) is 5.69 Å². The summed E-state index contributed by atoms with van der Waals surface area (Å²) in [4.78, 5) is 12.8. The lowest BCUT2D eigenvalue weighted by atomic mass is 10.0. The lowest BCUT2D eigenvalue weighted by molar-refractivity contribution is 0.102. The van der Waals surface area contributed by atoms with Crippen molar-refractivity contribution in [2.24, 2.45) is 0 Å². The van der Waals surface area contributed by atoms with Gasteiger partial charge in [-0.25, -0.2) is 13.1 Å². The maximum absolute atomic E-state index is 13.3. The molecular weight excluding hydrogens is 440 g/mol. The molecule has 10 heteroatoms. The summed E-state index contributed by atoms with van der Waals surface area (Å²) in [7, 11) is -3.72. The first kappa shape index (κ1) is 20.8. The number of hydrogen-bond acceptors (Lipinski definition) is 6. The fourth-order valence-corrected chi connectivity index (χ4v) is 5.38. The average Bonchev–Trinajstić information content (AvgIpc) is 3.39. The summed E-state index contributed by atoms with van der Waals surface area (Å²) in [6.45, 7) is 0.433. The van der Waals surface area contributed by atoms with Gasteiger partial charge in [0.2, 0.25) is 0 Å². The van der Waals surface area contributed by atoms with Gasteiger partial charge in [-0.1, -0.05) is 18.2 Å². The number of rotatable bonds is 5. The van der Waals surface area contributed by atoms with E-state index in [1.54, 1.807) is 24.3 Å². The molecule has 1 aliphatic rings. The lowest BCUT2D eigenvalue weighted by Gasteiger charge is -2.30. The monoisotopic (exact) mass is 460 g/mol. The maximum atomic E-state index is 13.3. The number of aryl methyl sites for hydroxylation is 1. The van der Waals surface area contributed by atoms with Crippen LogP contribution in [0.2, 0.25) is 0 Å². The number of tetrazole rings is 1. The Labute approximate surface area is 190 Å². The number of fused-ring (bicyclic) bond motifs is 1. The van der Waals surface area contributed by atoms with Gasteiger partial charge in [0.05, 0.1) is 16.3 Å². The van der Waals surface area contributed by atoms with Crippen molar-refractivity contribution >= 4 is 27.3 Å². The van der Waals surface area contributed by atoms with Gasteiger partial charge in [0.1, 0.15) is 6.33 Å². The van der Waals surface area contributed by atoms with Crippen LogP contribution in [0.15, 0.2) is 84.0 Å². The number of nitrogens with one attached hydrogen (secondary N) is 1. The Hall–Kier alpha value is -4.05. The van der Waals surface area contributed by atoms with Gasteiger partial charge in [0.15, 0.2) is 0 Å². The second-order valence-electron chi connectivity index (χ2n) is 7.59. The van der Waals surface area contributed by atoms with Crippen molar-refractivity contribution in [3.05, 3.63) is 90.3 Å². The molecule has 0 saturated heterocycles. The highest BCUT2D eigenvalue weighted by Crippen LogP contribution is 2.31. The van der Waals surface area contributed by atoms with Crippen LogP contribution < -0.4 is 9.62 Å². The van der Waals surface area contributed by atoms with Crippen LogP contribution in [0, 0.1) is 0 Å². The molecule has 0 unspecified atom stereocenters. The smallest absolute Gasteiger partial charge is 0.264 e. The third-order valence-electron chi connectivity index (χ3n) is 5.51. The van der Waals surface area contributed by atoms with Gasteiger partial charge in [-0.3, -0.25) is 9.10 Å². The van der Waals surface area contributed by atoms with E-state index in [-0.39, 0.29) is 10.8 Å². The highest BCUT2D eigenvalue weighted by atomic mass is 32.2. The van der Waals surface area contributed by atoms with Crippen molar-refractivity contribution in [3.63, 3.8) is 0 Å². The molecule has 0 aliphatic carbocycles. The van der Waals surface area contributed by atoms with Crippen LogP contribution in [-0.4, -0.2) is 41.1 Å². The molecule has 0 bridgehead atoms. The number of aromatic nitrogens is 4. The zero-order chi connectivity index (χ0) is 22.8. The van der Waals surface area contributed by atoms with Crippen LogP contribution in [-0.2, 0) is 16.4 Å². The molecule has 0 fully saturated rings. The summed E-state index contributed by atoms with van der Waals surface area (Å²) in [5.74, 6) is -0.336. The highest BCUT2D eigenvalue weighted by Gasteiger charge is 2.28. The minimum atomic E-state index is -3.72. The summed E-state index contributed by atoms with van der Waals surface area (Å²) in [6.07, 6.45) is 3.10. The van der Waals surface area contributed by atoms with Crippen LogP contribution in [0.1, 0.15) is 22.3 Å². The van der Waals surface area contributed by atoms with Crippen LogP contribution in [0.25, 0.3) is 5.69 Å². The van der Waals surface area contributed by atoms with E-state index >= 15 is 0 Å². The molecule has 0 saturated carbocycles. The Bertz CT molecular complexity index is 1390. The maximum Gasteiger partial charge on any atom is 0.264 e. The normalized spacial score (nSPS) is 13.4. The molecule has 3 aromatic carbocycles. The Morgan fingerprint density at radius 1 is 0.939 bits per heavy atom. The molecule has 5 rings (SSSR count). The van der Waals surface area contributed by atoms with Crippen molar-refractivity contribution in [1.82, 2.24) is 20.2 Å². The Kier molecular flexibility index (Phi) is 5.35. The first-order valence-electron chi connectivity index (χ1n) is 10.4. The number of benzene rings is 3. The summed E-state index contributed by atoms with van der Waals surface area (Å²) in [5.41, 5.74) is 3.45. The molecule has 1 N–H and O–H groups in total. The molecule has 1 aliphatic heterocycles. The molecular formula is C23H20N6O3S. The van der Waals surface area contributed by atoms with Crippen molar-refractivity contribution in [2.45, 2.75) is 17.7 Å². The van der Waals surface area contributed by atoms with Gasteiger partial charge in [-0.05, 0) is 83.4 Å². The average molecular weight is 461 g/mol.